The predicted octanol–water partition coefficient (Wildman–Crippen LogP) is 4.90. The number of nitrogens with zero attached hydrogens (tertiary/aromatic N) is 2. The second-order valence-electron chi connectivity index (χ2n) is 7.30. The highest BCUT2D eigenvalue weighted by atomic mass is 32.2. The van der Waals surface area contributed by atoms with Gasteiger partial charge in [0.25, 0.3) is 0 Å². The van der Waals surface area contributed by atoms with Gasteiger partial charge in [0.05, 0.1) is 13.1 Å². The van der Waals surface area contributed by atoms with Gasteiger partial charge in [0.2, 0.25) is 15.9 Å². The molecule has 172 valence electrons. The molecule has 0 aliphatic heterocycles. The maximum Gasteiger partial charge on any atom is 0.238 e. The van der Waals surface area contributed by atoms with Crippen LogP contribution < -0.4 is 0 Å². The van der Waals surface area contributed by atoms with E-state index in [1.165, 1.54) is 35.6 Å². The van der Waals surface area contributed by atoms with Crippen molar-refractivity contribution in [3.63, 3.8) is 0 Å². The van der Waals surface area contributed by atoms with E-state index < -0.39 is 10.0 Å². The van der Waals surface area contributed by atoms with Crippen LogP contribution in [0.4, 0.5) is 4.39 Å². The average Bonchev–Trinajstić information content (AvgIpc) is 3.32. The summed E-state index contributed by atoms with van der Waals surface area (Å²) in [6.07, 6.45) is 2.95. The number of hydrogen-bond acceptors (Lipinski definition) is 4. The van der Waals surface area contributed by atoms with E-state index in [1.54, 1.807) is 29.2 Å². The highest BCUT2D eigenvalue weighted by Crippen LogP contribution is 2.17. The third-order valence-corrected chi connectivity index (χ3v) is 7.14. The Balaban J connectivity index is 1.79. The van der Waals surface area contributed by atoms with Gasteiger partial charge in [-0.15, -0.1) is 17.9 Å². The zero-order valence-electron chi connectivity index (χ0n) is 18.0. The summed E-state index contributed by atoms with van der Waals surface area (Å²) in [4.78, 5) is 15.8. The van der Waals surface area contributed by atoms with E-state index in [0.29, 0.717) is 6.54 Å². The van der Waals surface area contributed by atoms with Crippen molar-refractivity contribution in [3.8, 4) is 0 Å². The largest absolute Gasteiger partial charge is 0.332 e. The molecule has 0 aliphatic rings. The van der Waals surface area contributed by atoms with Crippen LogP contribution in [0.15, 0.2) is 90.2 Å². The van der Waals surface area contributed by atoms with Crippen molar-refractivity contribution >= 4 is 33.3 Å². The fourth-order valence-electron chi connectivity index (χ4n) is 3.10. The number of carbonyl (C=O) groups is 1. The molecule has 1 heterocycles. The first-order chi connectivity index (χ1) is 15.9. The number of carbonyl (C=O) groups excluding carboxylic acids is 1. The van der Waals surface area contributed by atoms with Crippen molar-refractivity contribution < 1.29 is 17.6 Å². The summed E-state index contributed by atoms with van der Waals surface area (Å²) < 4.78 is 40.3. The SMILES string of the molecule is C=CCN(CC(=O)N(Cc1ccc(F)cc1)Cc1cccs1)S(=O)(=O)/C=C/c1ccccc1. The molecule has 3 rings (SSSR count). The Kier molecular flexibility index (Phi) is 8.71. The van der Waals surface area contributed by atoms with Gasteiger partial charge in [-0.1, -0.05) is 54.6 Å². The van der Waals surface area contributed by atoms with Gasteiger partial charge in [-0.3, -0.25) is 4.79 Å². The first-order valence-electron chi connectivity index (χ1n) is 10.3. The first kappa shape index (κ1) is 24.6. The van der Waals surface area contributed by atoms with Crippen molar-refractivity contribution in [2.45, 2.75) is 13.1 Å². The molecule has 0 N–H and O–H groups in total. The highest BCUT2D eigenvalue weighted by molar-refractivity contribution is 7.92. The van der Waals surface area contributed by atoms with Gasteiger partial charge < -0.3 is 4.90 Å². The third-order valence-electron chi connectivity index (χ3n) is 4.80. The van der Waals surface area contributed by atoms with Crippen LogP contribution in [0.5, 0.6) is 0 Å². The lowest BCUT2D eigenvalue weighted by atomic mass is 10.2. The second kappa shape index (κ2) is 11.7. The van der Waals surface area contributed by atoms with Crippen molar-refractivity contribution in [2.24, 2.45) is 0 Å². The molecule has 2 aromatic carbocycles. The first-order valence-corrected chi connectivity index (χ1v) is 12.6. The smallest absolute Gasteiger partial charge is 0.238 e. The molecule has 8 heteroatoms. The van der Waals surface area contributed by atoms with Crippen LogP contribution >= 0.6 is 11.3 Å². The lowest BCUT2D eigenvalue weighted by molar-refractivity contribution is -0.132. The van der Waals surface area contributed by atoms with Crippen molar-refractivity contribution in [1.29, 1.82) is 0 Å². The molecule has 5 nitrogen and oxygen atoms in total. The van der Waals surface area contributed by atoms with Crippen LogP contribution in [-0.2, 0) is 27.9 Å². The second-order valence-corrected chi connectivity index (χ2v) is 10.1. The Morgan fingerprint density at radius 3 is 2.36 bits per heavy atom. The Morgan fingerprint density at radius 2 is 1.73 bits per heavy atom. The molecular formula is C25H25FN2O3S2. The summed E-state index contributed by atoms with van der Waals surface area (Å²) in [5.41, 5.74) is 1.49. The van der Waals surface area contributed by atoms with Gasteiger partial charge in [0, 0.05) is 23.4 Å². The van der Waals surface area contributed by atoms with Gasteiger partial charge >= 0.3 is 0 Å². The van der Waals surface area contributed by atoms with Gasteiger partial charge in [-0.05, 0) is 40.8 Å². The number of sulfonamides is 1. The fourth-order valence-corrected chi connectivity index (χ4v) is 4.93. The van der Waals surface area contributed by atoms with Gasteiger partial charge in [0.15, 0.2) is 0 Å². The number of benzene rings is 2. The number of halogens is 1. The Bertz CT molecular complexity index is 1180. The minimum absolute atomic E-state index is 0.00338. The lowest BCUT2D eigenvalue weighted by Gasteiger charge is -2.26. The molecule has 0 fully saturated rings. The molecule has 0 saturated carbocycles. The van der Waals surface area contributed by atoms with E-state index in [-0.39, 0.29) is 31.4 Å². The normalized spacial score (nSPS) is 11.7. The highest BCUT2D eigenvalue weighted by Gasteiger charge is 2.25. The Labute approximate surface area is 198 Å². The predicted molar refractivity (Wildman–Crippen MR) is 131 cm³/mol. The number of thiophene rings is 1. The molecule has 33 heavy (non-hydrogen) atoms. The Morgan fingerprint density at radius 1 is 1.00 bits per heavy atom. The number of amides is 1. The average molecular weight is 485 g/mol. The van der Waals surface area contributed by atoms with E-state index in [2.05, 4.69) is 6.58 Å². The minimum Gasteiger partial charge on any atom is -0.332 e. The van der Waals surface area contributed by atoms with Crippen LogP contribution in [0.2, 0.25) is 0 Å². The maximum atomic E-state index is 13.3. The quantitative estimate of drug-likeness (QED) is 0.364. The molecule has 0 radical (unpaired) electrons. The maximum absolute atomic E-state index is 13.3. The summed E-state index contributed by atoms with van der Waals surface area (Å²) in [6, 6.07) is 18.8. The van der Waals surface area contributed by atoms with Crippen LogP contribution in [0, 0.1) is 5.82 Å². The van der Waals surface area contributed by atoms with Gasteiger partial charge in [-0.25, -0.2) is 12.8 Å². The van der Waals surface area contributed by atoms with Gasteiger partial charge in [-0.2, -0.15) is 4.31 Å². The van der Waals surface area contributed by atoms with E-state index in [9.17, 15) is 17.6 Å². The van der Waals surface area contributed by atoms with Crippen molar-refractivity contribution in [1.82, 2.24) is 9.21 Å². The molecule has 0 spiro atoms. The van der Waals surface area contributed by atoms with Crippen molar-refractivity contribution in [3.05, 3.63) is 112 Å². The molecule has 1 amide bonds. The van der Waals surface area contributed by atoms with E-state index in [4.69, 9.17) is 0 Å². The molecule has 3 aromatic rings. The third kappa shape index (κ3) is 7.49. The zero-order chi connectivity index (χ0) is 23.7. The zero-order valence-corrected chi connectivity index (χ0v) is 19.6. The van der Waals surface area contributed by atoms with E-state index in [1.807, 2.05) is 35.7 Å². The molecular weight excluding hydrogens is 459 g/mol. The summed E-state index contributed by atoms with van der Waals surface area (Å²) >= 11 is 1.51. The lowest BCUT2D eigenvalue weighted by Crippen LogP contribution is -2.41. The Hall–Kier alpha value is -3.07. The van der Waals surface area contributed by atoms with Crippen LogP contribution in [0.1, 0.15) is 16.0 Å². The van der Waals surface area contributed by atoms with Crippen molar-refractivity contribution in [2.75, 3.05) is 13.1 Å². The summed E-state index contributed by atoms with van der Waals surface area (Å²) in [5, 5.41) is 3.02. The van der Waals surface area contributed by atoms with Crippen LogP contribution in [-0.4, -0.2) is 36.6 Å². The number of hydrogen-bond donors (Lipinski definition) is 0. The summed E-state index contributed by atoms with van der Waals surface area (Å²) in [5.74, 6) is -0.713. The number of rotatable bonds is 11. The van der Waals surface area contributed by atoms with Gasteiger partial charge in [0.1, 0.15) is 5.82 Å². The van der Waals surface area contributed by atoms with E-state index >= 15 is 0 Å². The van der Waals surface area contributed by atoms with Crippen LogP contribution in [0.25, 0.3) is 6.08 Å². The fraction of sp³-hybridized carbons (Fsp3) is 0.160. The van der Waals surface area contributed by atoms with Crippen LogP contribution in [0.3, 0.4) is 0 Å². The monoisotopic (exact) mass is 484 g/mol. The molecule has 1 aromatic heterocycles. The molecule has 0 saturated heterocycles. The molecule has 0 unspecified atom stereocenters. The summed E-state index contributed by atoms with van der Waals surface area (Å²) in [7, 11) is -3.86. The standard InChI is InChI=1S/C25H25FN2O3S2/c1-2-15-28(33(30,31)17-14-21-7-4-3-5-8-21)20-25(29)27(19-24-9-6-16-32-24)18-22-10-12-23(26)13-11-22/h2-14,16-17H,1,15,18-20H2/b17-14+. The summed E-state index contributed by atoms with van der Waals surface area (Å²) in [6.45, 7) is 3.86. The minimum atomic E-state index is -3.86. The topological polar surface area (TPSA) is 57.7 Å². The van der Waals surface area contributed by atoms with E-state index in [0.717, 1.165) is 25.7 Å². The molecule has 0 bridgehead atoms. The molecule has 0 atom stereocenters. The molecule has 0 aliphatic carbocycles.